The van der Waals surface area contributed by atoms with Crippen LogP contribution in [0, 0.1) is 5.82 Å². The van der Waals surface area contributed by atoms with Gasteiger partial charge in [-0.2, -0.15) is 0 Å². The number of benzene rings is 1. The highest BCUT2D eigenvalue weighted by atomic mass is 19.1. The van der Waals surface area contributed by atoms with Gasteiger partial charge in [0.05, 0.1) is 0 Å². The largest absolute Gasteiger partial charge is 0.342 e. The SMILES string of the molecule is O=CN1CCN(C(=O)/C=C/c2ccc(F)cc2)CC1. The molecule has 1 heterocycles. The minimum atomic E-state index is -0.298. The summed E-state index contributed by atoms with van der Waals surface area (Å²) in [7, 11) is 0. The van der Waals surface area contributed by atoms with Crippen molar-refractivity contribution in [3.63, 3.8) is 0 Å². The van der Waals surface area contributed by atoms with E-state index in [4.69, 9.17) is 0 Å². The molecule has 2 amide bonds. The minimum absolute atomic E-state index is 0.0881. The third-order valence-electron chi connectivity index (χ3n) is 3.06. The van der Waals surface area contributed by atoms with E-state index in [9.17, 15) is 14.0 Å². The van der Waals surface area contributed by atoms with E-state index in [1.54, 1.807) is 28.0 Å². The Kier molecular flexibility index (Phi) is 4.28. The van der Waals surface area contributed by atoms with Gasteiger partial charge in [0.1, 0.15) is 5.82 Å². The molecular weight excluding hydrogens is 247 g/mol. The summed E-state index contributed by atoms with van der Waals surface area (Å²) in [6.07, 6.45) is 3.94. The highest BCUT2D eigenvalue weighted by molar-refractivity contribution is 5.91. The lowest BCUT2D eigenvalue weighted by Gasteiger charge is -2.31. The van der Waals surface area contributed by atoms with Gasteiger partial charge in [-0.15, -0.1) is 0 Å². The van der Waals surface area contributed by atoms with E-state index in [0.717, 1.165) is 12.0 Å². The minimum Gasteiger partial charge on any atom is -0.342 e. The van der Waals surface area contributed by atoms with Crippen LogP contribution in [0.15, 0.2) is 30.3 Å². The van der Waals surface area contributed by atoms with Gasteiger partial charge in [0.2, 0.25) is 12.3 Å². The number of amides is 2. The molecular formula is C14H15FN2O2. The fourth-order valence-electron chi connectivity index (χ4n) is 1.89. The Morgan fingerprint density at radius 2 is 1.74 bits per heavy atom. The van der Waals surface area contributed by atoms with Crippen molar-refractivity contribution < 1.29 is 14.0 Å². The summed E-state index contributed by atoms with van der Waals surface area (Å²) >= 11 is 0. The van der Waals surface area contributed by atoms with Crippen LogP contribution < -0.4 is 0 Å². The van der Waals surface area contributed by atoms with Crippen molar-refractivity contribution in [2.24, 2.45) is 0 Å². The second kappa shape index (κ2) is 6.13. The molecule has 1 saturated heterocycles. The zero-order valence-corrected chi connectivity index (χ0v) is 10.5. The Hall–Kier alpha value is -2.17. The van der Waals surface area contributed by atoms with E-state index < -0.39 is 0 Å². The van der Waals surface area contributed by atoms with Crippen molar-refractivity contribution in [2.75, 3.05) is 26.2 Å². The van der Waals surface area contributed by atoms with Crippen molar-refractivity contribution >= 4 is 18.4 Å². The number of carbonyl (C=O) groups excluding carboxylic acids is 2. The first-order valence-electron chi connectivity index (χ1n) is 6.11. The second-order valence-corrected chi connectivity index (χ2v) is 4.35. The summed E-state index contributed by atoms with van der Waals surface area (Å²) in [6, 6.07) is 5.94. The molecule has 0 bridgehead atoms. The van der Waals surface area contributed by atoms with Crippen LogP contribution in [0.4, 0.5) is 4.39 Å². The van der Waals surface area contributed by atoms with Crippen LogP contribution in [0.1, 0.15) is 5.56 Å². The summed E-state index contributed by atoms with van der Waals surface area (Å²) in [5.74, 6) is -0.386. The predicted octanol–water partition coefficient (Wildman–Crippen LogP) is 1.14. The topological polar surface area (TPSA) is 40.6 Å². The van der Waals surface area contributed by atoms with Crippen molar-refractivity contribution in [3.05, 3.63) is 41.7 Å². The van der Waals surface area contributed by atoms with Crippen molar-refractivity contribution in [2.45, 2.75) is 0 Å². The number of carbonyl (C=O) groups is 2. The maximum Gasteiger partial charge on any atom is 0.246 e. The highest BCUT2D eigenvalue weighted by Crippen LogP contribution is 2.06. The van der Waals surface area contributed by atoms with Crippen molar-refractivity contribution in [3.8, 4) is 0 Å². The van der Waals surface area contributed by atoms with Crippen molar-refractivity contribution in [1.82, 2.24) is 9.80 Å². The molecule has 1 aromatic carbocycles. The van der Waals surface area contributed by atoms with Gasteiger partial charge in [-0.25, -0.2) is 4.39 Å². The van der Waals surface area contributed by atoms with Gasteiger partial charge in [-0.3, -0.25) is 9.59 Å². The standard InChI is InChI=1S/C14H15FN2O2/c15-13-4-1-12(2-5-13)3-6-14(19)17-9-7-16(11-18)8-10-17/h1-6,11H,7-10H2/b6-3+. The van der Waals surface area contributed by atoms with E-state index in [0.29, 0.717) is 26.2 Å². The van der Waals surface area contributed by atoms with E-state index >= 15 is 0 Å². The summed E-state index contributed by atoms with van der Waals surface area (Å²) in [5.41, 5.74) is 0.779. The van der Waals surface area contributed by atoms with Gasteiger partial charge in [0.15, 0.2) is 0 Å². The van der Waals surface area contributed by atoms with Gasteiger partial charge in [0, 0.05) is 32.3 Å². The molecule has 0 N–H and O–H groups in total. The first-order chi connectivity index (χ1) is 9.19. The molecule has 0 aliphatic carbocycles. The van der Waals surface area contributed by atoms with Gasteiger partial charge in [-0.05, 0) is 23.8 Å². The molecule has 0 aromatic heterocycles. The Morgan fingerprint density at radius 3 is 2.32 bits per heavy atom. The van der Waals surface area contributed by atoms with Crippen LogP contribution in [0.5, 0.6) is 0 Å². The molecule has 1 aliphatic rings. The van der Waals surface area contributed by atoms with E-state index in [1.807, 2.05) is 0 Å². The lowest BCUT2D eigenvalue weighted by molar-refractivity contribution is -0.130. The highest BCUT2D eigenvalue weighted by Gasteiger charge is 2.17. The van der Waals surface area contributed by atoms with Crippen LogP contribution >= 0.6 is 0 Å². The predicted molar refractivity (Wildman–Crippen MR) is 69.7 cm³/mol. The zero-order valence-electron chi connectivity index (χ0n) is 10.5. The maximum absolute atomic E-state index is 12.7. The third-order valence-corrected chi connectivity index (χ3v) is 3.06. The van der Waals surface area contributed by atoms with Crippen molar-refractivity contribution in [1.29, 1.82) is 0 Å². The average molecular weight is 262 g/mol. The molecule has 0 atom stereocenters. The van der Waals surface area contributed by atoms with Crippen LogP contribution in [0.3, 0.4) is 0 Å². The molecule has 100 valence electrons. The van der Waals surface area contributed by atoms with Crippen LogP contribution in [0.25, 0.3) is 6.08 Å². The summed E-state index contributed by atoms with van der Waals surface area (Å²) in [4.78, 5) is 25.8. The molecule has 1 aliphatic heterocycles. The van der Waals surface area contributed by atoms with Crippen LogP contribution in [-0.2, 0) is 9.59 Å². The normalized spacial score (nSPS) is 15.8. The Labute approximate surface area is 111 Å². The number of hydrogen-bond donors (Lipinski definition) is 0. The maximum atomic E-state index is 12.7. The van der Waals surface area contributed by atoms with E-state index in [-0.39, 0.29) is 11.7 Å². The van der Waals surface area contributed by atoms with Gasteiger partial charge in [0.25, 0.3) is 0 Å². The zero-order chi connectivity index (χ0) is 13.7. The van der Waals surface area contributed by atoms with E-state index in [1.165, 1.54) is 18.2 Å². The monoisotopic (exact) mass is 262 g/mol. The molecule has 0 saturated carbocycles. The first kappa shape index (κ1) is 13.3. The Bertz CT molecular complexity index is 477. The molecule has 0 unspecified atom stereocenters. The van der Waals surface area contributed by atoms with Crippen LogP contribution in [0.2, 0.25) is 0 Å². The molecule has 0 spiro atoms. The number of halogens is 1. The molecule has 1 aromatic rings. The number of hydrogen-bond acceptors (Lipinski definition) is 2. The fraction of sp³-hybridized carbons (Fsp3) is 0.286. The molecule has 19 heavy (non-hydrogen) atoms. The molecule has 0 radical (unpaired) electrons. The molecule has 5 heteroatoms. The fourth-order valence-corrected chi connectivity index (χ4v) is 1.89. The van der Waals surface area contributed by atoms with Gasteiger partial charge >= 0.3 is 0 Å². The van der Waals surface area contributed by atoms with Gasteiger partial charge in [-0.1, -0.05) is 12.1 Å². The number of piperazine rings is 1. The Morgan fingerprint density at radius 1 is 1.11 bits per heavy atom. The van der Waals surface area contributed by atoms with E-state index in [2.05, 4.69) is 0 Å². The summed E-state index contributed by atoms with van der Waals surface area (Å²) in [6.45, 7) is 2.23. The average Bonchev–Trinajstić information content (AvgIpc) is 2.46. The number of rotatable bonds is 3. The lowest BCUT2D eigenvalue weighted by atomic mass is 10.2. The molecule has 2 rings (SSSR count). The molecule has 4 nitrogen and oxygen atoms in total. The molecule has 1 fully saturated rings. The Balaban J connectivity index is 1.90. The summed E-state index contributed by atoms with van der Waals surface area (Å²) in [5, 5.41) is 0. The summed E-state index contributed by atoms with van der Waals surface area (Å²) < 4.78 is 12.7. The first-order valence-corrected chi connectivity index (χ1v) is 6.11. The van der Waals surface area contributed by atoms with Gasteiger partial charge < -0.3 is 9.80 Å². The second-order valence-electron chi connectivity index (χ2n) is 4.35. The number of nitrogens with zero attached hydrogens (tertiary/aromatic N) is 2. The smallest absolute Gasteiger partial charge is 0.246 e. The lowest BCUT2D eigenvalue weighted by Crippen LogP contribution is -2.47. The quantitative estimate of drug-likeness (QED) is 0.605. The van der Waals surface area contributed by atoms with Crippen LogP contribution in [-0.4, -0.2) is 48.3 Å². The third kappa shape index (κ3) is 3.64.